The van der Waals surface area contributed by atoms with Gasteiger partial charge in [-0.1, -0.05) is 19.9 Å². The maximum Gasteiger partial charge on any atom is 0.236 e. The summed E-state index contributed by atoms with van der Waals surface area (Å²) in [6, 6.07) is 9.51. The van der Waals surface area contributed by atoms with Crippen LogP contribution in [0.15, 0.2) is 36.8 Å². The predicted molar refractivity (Wildman–Crippen MR) is 145 cm³/mol. The summed E-state index contributed by atoms with van der Waals surface area (Å²) < 4.78 is 1.87. The number of nitrogens with zero attached hydrogens (tertiary/aromatic N) is 5. The molecule has 190 valence electrons. The van der Waals surface area contributed by atoms with Crippen LogP contribution in [0.1, 0.15) is 68.1 Å². The largest absolute Gasteiger partial charge is 0.354 e. The number of aromatic amines is 1. The van der Waals surface area contributed by atoms with Crippen LogP contribution in [-0.2, 0) is 4.79 Å². The molecule has 1 aliphatic carbocycles. The molecule has 7 heteroatoms. The van der Waals surface area contributed by atoms with Gasteiger partial charge in [-0.25, -0.2) is 9.50 Å². The van der Waals surface area contributed by atoms with Gasteiger partial charge in [-0.15, -0.1) is 0 Å². The van der Waals surface area contributed by atoms with Gasteiger partial charge in [-0.2, -0.15) is 5.10 Å². The molecule has 1 N–H and O–H groups in total. The molecule has 3 heterocycles. The average molecular weight is 487 g/mol. The van der Waals surface area contributed by atoms with Gasteiger partial charge in [0.2, 0.25) is 5.91 Å². The SMILES string of the molecule is Cc1cc(-c2[nH]c3ccc(C4CCC(N(C)C(=O)CN(C)C)CC4)cc3c2C(C)C)cn2ncnc12. The maximum absolute atomic E-state index is 12.5. The fraction of sp³-hybridized carbons (Fsp3) is 0.483. The van der Waals surface area contributed by atoms with Crippen LogP contribution in [0.5, 0.6) is 0 Å². The number of pyridine rings is 1. The van der Waals surface area contributed by atoms with E-state index in [1.54, 1.807) is 6.33 Å². The van der Waals surface area contributed by atoms with Crippen LogP contribution >= 0.6 is 0 Å². The number of hydrogen-bond acceptors (Lipinski definition) is 4. The van der Waals surface area contributed by atoms with Crippen molar-refractivity contribution in [2.24, 2.45) is 0 Å². The number of fused-ring (bicyclic) bond motifs is 2. The van der Waals surface area contributed by atoms with Gasteiger partial charge >= 0.3 is 0 Å². The molecular weight excluding hydrogens is 448 g/mol. The van der Waals surface area contributed by atoms with E-state index in [1.165, 1.54) is 27.7 Å². The number of rotatable bonds is 6. The Balaban J connectivity index is 1.42. The molecule has 0 bridgehead atoms. The van der Waals surface area contributed by atoms with Crippen molar-refractivity contribution in [2.45, 2.75) is 64.3 Å². The van der Waals surface area contributed by atoms with Crippen LogP contribution in [-0.4, -0.2) is 69.0 Å². The quantitative estimate of drug-likeness (QED) is 0.399. The first kappa shape index (κ1) is 24.5. The number of aromatic nitrogens is 4. The van der Waals surface area contributed by atoms with Gasteiger partial charge in [0.25, 0.3) is 0 Å². The molecule has 0 radical (unpaired) electrons. The molecule has 1 fully saturated rings. The van der Waals surface area contributed by atoms with Gasteiger partial charge in [-0.05, 0) is 93.4 Å². The normalized spacial score (nSPS) is 18.6. The van der Waals surface area contributed by atoms with E-state index < -0.39 is 0 Å². The zero-order chi connectivity index (χ0) is 25.6. The highest BCUT2D eigenvalue weighted by Crippen LogP contribution is 2.40. The van der Waals surface area contributed by atoms with Crippen molar-refractivity contribution in [2.75, 3.05) is 27.7 Å². The van der Waals surface area contributed by atoms with Crippen molar-refractivity contribution in [3.8, 4) is 11.3 Å². The van der Waals surface area contributed by atoms with Crippen molar-refractivity contribution < 1.29 is 4.79 Å². The molecule has 5 rings (SSSR count). The highest BCUT2D eigenvalue weighted by Gasteiger charge is 2.28. The molecule has 7 nitrogen and oxygen atoms in total. The number of aryl methyl sites for hydroxylation is 1. The third-order valence-electron chi connectivity index (χ3n) is 7.85. The van der Waals surface area contributed by atoms with E-state index >= 15 is 0 Å². The minimum atomic E-state index is 0.214. The Morgan fingerprint density at radius 1 is 1.14 bits per heavy atom. The fourth-order valence-corrected chi connectivity index (χ4v) is 5.92. The lowest BCUT2D eigenvalue weighted by molar-refractivity contribution is -0.133. The summed E-state index contributed by atoms with van der Waals surface area (Å²) in [4.78, 5) is 24.5. The number of carbonyl (C=O) groups excluding carboxylic acids is 1. The smallest absolute Gasteiger partial charge is 0.236 e. The van der Waals surface area contributed by atoms with Gasteiger partial charge in [0.15, 0.2) is 5.65 Å². The fourth-order valence-electron chi connectivity index (χ4n) is 5.92. The zero-order valence-electron chi connectivity index (χ0n) is 22.4. The highest BCUT2D eigenvalue weighted by atomic mass is 16.2. The average Bonchev–Trinajstić information content (AvgIpc) is 3.48. The summed E-state index contributed by atoms with van der Waals surface area (Å²) in [5.74, 6) is 1.13. The summed E-state index contributed by atoms with van der Waals surface area (Å²) >= 11 is 0. The Morgan fingerprint density at radius 3 is 2.58 bits per heavy atom. The van der Waals surface area contributed by atoms with Crippen molar-refractivity contribution in [3.05, 3.63) is 53.5 Å². The molecule has 1 aliphatic rings. The summed E-state index contributed by atoms with van der Waals surface area (Å²) in [5.41, 5.74) is 8.27. The van der Waals surface area contributed by atoms with E-state index in [1.807, 2.05) is 35.5 Å². The first-order valence-corrected chi connectivity index (χ1v) is 13.1. The van der Waals surface area contributed by atoms with Gasteiger partial charge in [0.1, 0.15) is 6.33 Å². The molecule has 0 saturated heterocycles. The number of nitrogens with one attached hydrogen (secondary N) is 1. The Hall–Kier alpha value is -3.19. The molecule has 0 unspecified atom stereocenters. The lowest BCUT2D eigenvalue weighted by Gasteiger charge is -2.35. The lowest BCUT2D eigenvalue weighted by atomic mass is 9.80. The molecular formula is C29H38N6O. The minimum absolute atomic E-state index is 0.214. The van der Waals surface area contributed by atoms with Crippen LogP contribution in [0.4, 0.5) is 0 Å². The second-order valence-corrected chi connectivity index (χ2v) is 11.1. The predicted octanol–water partition coefficient (Wildman–Crippen LogP) is 5.36. The molecule has 0 spiro atoms. The molecule has 1 saturated carbocycles. The van der Waals surface area contributed by atoms with E-state index in [2.05, 4.69) is 66.3 Å². The standard InChI is InChI=1S/C29H38N6O/c1-18(2)27-24-14-21(20-7-10-23(11-8-20)34(6)26(36)16-33(4)5)9-12-25(24)32-28(27)22-13-19(3)29-30-17-31-35(29)15-22/h9,12-15,17-18,20,23,32H,7-8,10-11,16H2,1-6H3. The first-order valence-electron chi connectivity index (χ1n) is 13.1. The Labute approximate surface area is 213 Å². The maximum atomic E-state index is 12.5. The van der Waals surface area contributed by atoms with Crippen molar-refractivity contribution in [1.29, 1.82) is 0 Å². The second kappa shape index (κ2) is 9.69. The third kappa shape index (κ3) is 4.52. The van der Waals surface area contributed by atoms with Crippen LogP contribution in [0.2, 0.25) is 0 Å². The van der Waals surface area contributed by atoms with E-state index in [4.69, 9.17) is 0 Å². The number of likely N-dealkylation sites (N-methyl/N-ethyl adjacent to an activating group) is 2. The second-order valence-electron chi connectivity index (χ2n) is 11.1. The molecule has 1 aromatic carbocycles. The molecule has 0 aliphatic heterocycles. The van der Waals surface area contributed by atoms with Crippen LogP contribution in [0.3, 0.4) is 0 Å². The highest BCUT2D eigenvalue weighted by molar-refractivity contribution is 5.92. The minimum Gasteiger partial charge on any atom is -0.354 e. The Morgan fingerprint density at radius 2 is 1.89 bits per heavy atom. The van der Waals surface area contributed by atoms with Crippen LogP contribution in [0, 0.1) is 6.92 Å². The number of carbonyl (C=O) groups is 1. The first-order chi connectivity index (χ1) is 17.2. The number of benzene rings is 1. The summed E-state index contributed by atoms with van der Waals surface area (Å²) in [5, 5.41) is 5.69. The van der Waals surface area contributed by atoms with Gasteiger partial charge < -0.3 is 14.8 Å². The van der Waals surface area contributed by atoms with Crippen molar-refractivity contribution >= 4 is 22.5 Å². The number of amides is 1. The Kier molecular flexibility index (Phi) is 6.60. The Bertz CT molecular complexity index is 1390. The monoisotopic (exact) mass is 486 g/mol. The topological polar surface area (TPSA) is 69.5 Å². The van der Waals surface area contributed by atoms with Gasteiger partial charge in [0.05, 0.1) is 12.2 Å². The summed E-state index contributed by atoms with van der Waals surface area (Å²) in [6.07, 6.45) is 8.04. The zero-order valence-corrected chi connectivity index (χ0v) is 22.4. The van der Waals surface area contributed by atoms with E-state index in [9.17, 15) is 4.79 Å². The molecule has 4 aromatic rings. The van der Waals surface area contributed by atoms with Crippen molar-refractivity contribution in [1.82, 2.24) is 29.4 Å². The molecule has 1 amide bonds. The van der Waals surface area contributed by atoms with Crippen LogP contribution in [0.25, 0.3) is 27.8 Å². The molecule has 3 aromatic heterocycles. The summed E-state index contributed by atoms with van der Waals surface area (Å²) in [6.45, 7) is 7.10. The third-order valence-corrected chi connectivity index (χ3v) is 7.85. The van der Waals surface area contributed by atoms with Gasteiger partial charge in [-0.3, -0.25) is 4.79 Å². The molecule has 36 heavy (non-hydrogen) atoms. The van der Waals surface area contributed by atoms with E-state index in [-0.39, 0.29) is 5.91 Å². The van der Waals surface area contributed by atoms with Gasteiger partial charge in [0, 0.05) is 35.8 Å². The lowest BCUT2D eigenvalue weighted by Crippen LogP contribution is -2.43. The molecule has 0 atom stereocenters. The number of H-pyrrole nitrogens is 1. The van der Waals surface area contributed by atoms with E-state index in [0.717, 1.165) is 42.5 Å². The van der Waals surface area contributed by atoms with Crippen LogP contribution < -0.4 is 0 Å². The summed E-state index contributed by atoms with van der Waals surface area (Å²) in [7, 11) is 5.87. The van der Waals surface area contributed by atoms with Crippen molar-refractivity contribution in [3.63, 3.8) is 0 Å². The van der Waals surface area contributed by atoms with E-state index in [0.29, 0.717) is 24.4 Å². The number of hydrogen-bond donors (Lipinski definition) is 1.